The van der Waals surface area contributed by atoms with Gasteiger partial charge in [-0.05, 0) is 142 Å². The highest BCUT2D eigenvalue weighted by molar-refractivity contribution is 5.98. The average molecular weight is 712 g/mol. The highest BCUT2D eigenvalue weighted by Gasteiger charge is 2.30. The summed E-state index contributed by atoms with van der Waals surface area (Å²) in [5, 5.41) is 9.62. The molecule has 274 valence electrons. The van der Waals surface area contributed by atoms with Crippen LogP contribution in [0.4, 0.5) is 5.69 Å². The highest BCUT2D eigenvalue weighted by Crippen LogP contribution is 2.32. The molecule has 6 N–H and O–H groups in total. The zero-order valence-corrected chi connectivity index (χ0v) is 30.4. The van der Waals surface area contributed by atoms with Crippen LogP contribution in [-0.2, 0) is 16.0 Å². The van der Waals surface area contributed by atoms with E-state index in [1.807, 2.05) is 67.6 Å². The van der Waals surface area contributed by atoms with Crippen molar-refractivity contribution in [3.63, 3.8) is 0 Å². The van der Waals surface area contributed by atoms with Crippen LogP contribution < -0.4 is 21.7 Å². The van der Waals surface area contributed by atoms with Crippen LogP contribution in [-0.4, -0.2) is 58.2 Å². The number of hydrogen-bond acceptors (Lipinski definition) is 7. The monoisotopic (exact) mass is 711 g/mol. The van der Waals surface area contributed by atoms with Gasteiger partial charge in [-0.25, -0.2) is 4.98 Å². The van der Waals surface area contributed by atoms with Crippen molar-refractivity contribution in [2.45, 2.75) is 64.3 Å². The van der Waals surface area contributed by atoms with E-state index in [2.05, 4.69) is 43.0 Å². The van der Waals surface area contributed by atoms with Crippen molar-refractivity contribution in [2.24, 2.45) is 23.5 Å². The zero-order valence-electron chi connectivity index (χ0n) is 30.4. The number of aromatic nitrogens is 3. The summed E-state index contributed by atoms with van der Waals surface area (Å²) in [6.07, 6.45) is 9.55. The molecule has 0 radical (unpaired) electrons. The topological polar surface area (TPSA) is 155 Å². The van der Waals surface area contributed by atoms with Crippen molar-refractivity contribution in [3.05, 3.63) is 102 Å². The number of aromatic amines is 1. The molecule has 2 aliphatic rings. The maximum atomic E-state index is 14.0. The first-order valence-electron chi connectivity index (χ1n) is 19.0. The number of nitrogens with zero attached hydrogens (tertiary/aromatic N) is 2. The fourth-order valence-electron chi connectivity index (χ4n) is 7.83. The number of piperidine rings is 1. The van der Waals surface area contributed by atoms with E-state index in [1.54, 1.807) is 12.4 Å². The molecule has 0 spiro atoms. The van der Waals surface area contributed by atoms with Crippen molar-refractivity contribution in [1.82, 2.24) is 25.6 Å². The van der Waals surface area contributed by atoms with Gasteiger partial charge < -0.3 is 26.7 Å². The highest BCUT2D eigenvalue weighted by atomic mass is 16.2. The Morgan fingerprint density at radius 3 is 2.42 bits per heavy atom. The Labute approximate surface area is 310 Å². The number of Topliss-reactive ketones (excluding diaryl/α,β-unsaturated/α-hetero) is 1. The second-order valence-electron chi connectivity index (χ2n) is 14.8. The van der Waals surface area contributed by atoms with Gasteiger partial charge in [0.2, 0.25) is 5.91 Å². The van der Waals surface area contributed by atoms with Crippen LogP contribution in [0.15, 0.2) is 85.2 Å². The van der Waals surface area contributed by atoms with E-state index in [-0.39, 0.29) is 36.0 Å². The van der Waals surface area contributed by atoms with Gasteiger partial charge >= 0.3 is 0 Å². The molecule has 1 saturated carbocycles. The van der Waals surface area contributed by atoms with Gasteiger partial charge in [-0.2, -0.15) is 0 Å². The second-order valence-corrected chi connectivity index (χ2v) is 14.8. The van der Waals surface area contributed by atoms with E-state index in [9.17, 15) is 14.4 Å². The van der Waals surface area contributed by atoms with E-state index >= 15 is 0 Å². The number of H-pyrrole nitrogens is 1. The lowest BCUT2D eigenvalue weighted by Crippen LogP contribution is -2.42. The van der Waals surface area contributed by atoms with Gasteiger partial charge in [0.05, 0.1) is 11.0 Å². The number of benzene rings is 3. The van der Waals surface area contributed by atoms with Gasteiger partial charge in [-0.15, -0.1) is 0 Å². The molecular formula is C43H49N7O3. The van der Waals surface area contributed by atoms with Crippen molar-refractivity contribution in [3.8, 4) is 22.5 Å². The number of anilines is 1. The minimum Gasteiger partial charge on any atom is -0.349 e. The predicted molar refractivity (Wildman–Crippen MR) is 209 cm³/mol. The van der Waals surface area contributed by atoms with Crippen LogP contribution in [0.25, 0.3) is 33.5 Å². The van der Waals surface area contributed by atoms with Crippen LogP contribution in [0, 0.1) is 24.7 Å². The molecule has 0 unspecified atom stereocenters. The summed E-state index contributed by atoms with van der Waals surface area (Å²) in [5.74, 6) is 0.549. The van der Waals surface area contributed by atoms with E-state index in [0.717, 1.165) is 90.5 Å². The van der Waals surface area contributed by atoms with Crippen molar-refractivity contribution >= 4 is 34.3 Å². The molecule has 2 fully saturated rings. The van der Waals surface area contributed by atoms with Gasteiger partial charge in [-0.3, -0.25) is 19.4 Å². The smallest absolute Gasteiger partial charge is 0.251 e. The Balaban J connectivity index is 1.06. The Hall–Kier alpha value is -5.19. The van der Waals surface area contributed by atoms with E-state index in [1.165, 1.54) is 0 Å². The van der Waals surface area contributed by atoms with Gasteiger partial charge in [0.1, 0.15) is 11.6 Å². The number of pyridine rings is 1. The molecule has 1 aliphatic carbocycles. The molecule has 2 aromatic heterocycles. The second kappa shape index (κ2) is 16.7. The van der Waals surface area contributed by atoms with Crippen LogP contribution in [0.5, 0.6) is 0 Å². The Kier molecular flexibility index (Phi) is 11.4. The van der Waals surface area contributed by atoms with Gasteiger partial charge in [-0.1, -0.05) is 30.3 Å². The summed E-state index contributed by atoms with van der Waals surface area (Å²) < 4.78 is 0. The molecule has 5 aromatic rings. The summed E-state index contributed by atoms with van der Waals surface area (Å²) >= 11 is 0. The third kappa shape index (κ3) is 8.89. The van der Waals surface area contributed by atoms with Crippen LogP contribution in [0.3, 0.4) is 0 Å². The first-order valence-corrected chi connectivity index (χ1v) is 19.0. The quantitative estimate of drug-likeness (QED) is 0.0977. The maximum absolute atomic E-state index is 14.0. The van der Waals surface area contributed by atoms with Crippen LogP contribution in [0.2, 0.25) is 0 Å². The zero-order chi connectivity index (χ0) is 36.7. The third-order valence-corrected chi connectivity index (χ3v) is 11.0. The minimum absolute atomic E-state index is 0.0320. The number of rotatable bonds is 12. The van der Waals surface area contributed by atoms with E-state index in [4.69, 9.17) is 5.73 Å². The standard InChI is InChI=1S/C43H49N7O3/c1-27-21-32(42(52)47-35-16-19-45-20-17-35)12-14-37(27)30-8-4-28(5-9-30)22-34(23-40(51)31-10-6-29(25-44)7-11-31)43(53)48-36-13-15-38-39(24-36)50-41(49-38)33-3-2-18-46-26-33/h2-5,8-9,12-15,18,21,24,26,29,31,34-35,45H,6-7,10-11,16-17,19-20,22-23,25,44H2,1H3,(H,47,52)(H,48,53)(H,49,50)/t29?,31?,34-/m1/s1. The third-order valence-electron chi connectivity index (χ3n) is 11.0. The lowest BCUT2D eigenvalue weighted by molar-refractivity contribution is -0.129. The summed E-state index contributed by atoms with van der Waals surface area (Å²) in [4.78, 5) is 52.8. The fourth-order valence-corrected chi connectivity index (χ4v) is 7.83. The Morgan fingerprint density at radius 2 is 1.70 bits per heavy atom. The van der Waals surface area contributed by atoms with Crippen molar-refractivity contribution in [2.75, 3.05) is 25.0 Å². The number of fused-ring (bicyclic) bond motifs is 1. The SMILES string of the molecule is Cc1cc(C(=O)NC2CCNCC2)ccc1-c1ccc(C[C@H](CC(=O)C2CCC(CN)CC2)C(=O)Nc2ccc3nc(-c4cccnc4)[nH]c3c2)cc1. The number of carbonyl (C=O) groups excluding carboxylic acids is 3. The first kappa shape index (κ1) is 36.2. The normalized spacial score (nSPS) is 18.4. The number of nitrogens with one attached hydrogen (secondary N) is 4. The molecule has 0 bridgehead atoms. The molecule has 2 amide bonds. The lowest BCUT2D eigenvalue weighted by atomic mass is 9.77. The Morgan fingerprint density at radius 1 is 0.906 bits per heavy atom. The number of amides is 2. The maximum Gasteiger partial charge on any atom is 0.251 e. The Bertz CT molecular complexity index is 2050. The summed E-state index contributed by atoms with van der Waals surface area (Å²) in [6, 6.07) is 23.7. The number of ketones is 1. The molecule has 3 aromatic carbocycles. The van der Waals surface area contributed by atoms with Gasteiger partial charge in [0, 0.05) is 53.5 Å². The number of hydrogen-bond donors (Lipinski definition) is 5. The van der Waals surface area contributed by atoms with Crippen molar-refractivity contribution < 1.29 is 14.4 Å². The molecule has 1 atom stereocenters. The molecule has 53 heavy (non-hydrogen) atoms. The molecule has 1 saturated heterocycles. The fraction of sp³-hybridized carbons (Fsp3) is 0.372. The molecule has 3 heterocycles. The lowest BCUT2D eigenvalue weighted by Gasteiger charge is -2.27. The molecule has 10 heteroatoms. The molecular weight excluding hydrogens is 663 g/mol. The first-order chi connectivity index (χ1) is 25.8. The summed E-state index contributed by atoms with van der Waals surface area (Å²) in [6.45, 7) is 4.53. The largest absolute Gasteiger partial charge is 0.349 e. The van der Waals surface area contributed by atoms with Crippen LogP contribution >= 0.6 is 0 Å². The average Bonchev–Trinajstić information content (AvgIpc) is 3.62. The molecule has 10 nitrogen and oxygen atoms in total. The van der Waals surface area contributed by atoms with Gasteiger partial charge in [0.15, 0.2) is 0 Å². The van der Waals surface area contributed by atoms with E-state index in [0.29, 0.717) is 36.0 Å². The predicted octanol–water partition coefficient (Wildman–Crippen LogP) is 6.60. The number of imidazole rings is 1. The van der Waals surface area contributed by atoms with E-state index < -0.39 is 5.92 Å². The summed E-state index contributed by atoms with van der Waals surface area (Å²) in [5.41, 5.74) is 13.8. The van der Waals surface area contributed by atoms with Gasteiger partial charge in [0.25, 0.3) is 5.91 Å². The molecule has 1 aliphatic heterocycles. The molecule has 7 rings (SSSR count). The van der Waals surface area contributed by atoms with Crippen LogP contribution in [0.1, 0.15) is 66.4 Å². The number of carbonyl (C=O) groups is 3. The number of aryl methyl sites for hydroxylation is 1. The number of nitrogens with two attached hydrogens (primary N) is 1. The summed E-state index contributed by atoms with van der Waals surface area (Å²) in [7, 11) is 0. The van der Waals surface area contributed by atoms with Crippen molar-refractivity contribution in [1.29, 1.82) is 0 Å². The minimum atomic E-state index is -0.538.